The lowest BCUT2D eigenvalue weighted by molar-refractivity contribution is -0.276. The van der Waals surface area contributed by atoms with E-state index < -0.39 is 6.29 Å². The minimum atomic E-state index is -0.599. The van der Waals surface area contributed by atoms with Crippen molar-refractivity contribution in [2.45, 2.75) is 57.5 Å². The number of hydrogen-bond acceptors (Lipinski definition) is 8. The van der Waals surface area contributed by atoms with Gasteiger partial charge in [-0.1, -0.05) is 104 Å². The number of fused-ring (bicyclic) bond motifs is 2. The monoisotopic (exact) mass is 774 g/mol. The first-order chi connectivity index (χ1) is 28.4. The van der Waals surface area contributed by atoms with Crippen LogP contribution in [0.2, 0.25) is 0 Å². The van der Waals surface area contributed by atoms with Gasteiger partial charge >= 0.3 is 5.69 Å². The van der Waals surface area contributed by atoms with E-state index in [-0.39, 0.29) is 48.1 Å². The second kappa shape index (κ2) is 16.5. The summed E-state index contributed by atoms with van der Waals surface area (Å²) < 4.78 is 15.6. The molecule has 0 unspecified atom stereocenters. The van der Waals surface area contributed by atoms with Crippen molar-refractivity contribution in [2.75, 3.05) is 19.6 Å². The SMILES string of the molecule is C[C@H]1[C@@H](CN2CCC(n3c(=O)[nH]c4ccccc43)CC2)O[C@@H](c2ccc(-c3ccccc3CNC(=O)c3cnc4ccccc4n3)cc2)O[C@H]1c1ccc(CO)cc1. The quantitative estimate of drug-likeness (QED) is 0.130. The highest BCUT2D eigenvalue weighted by Crippen LogP contribution is 2.42. The molecule has 2 aliphatic heterocycles. The largest absolute Gasteiger partial charge is 0.392 e. The van der Waals surface area contributed by atoms with Crippen LogP contribution in [0.25, 0.3) is 33.2 Å². The summed E-state index contributed by atoms with van der Waals surface area (Å²) in [5.41, 5.74) is 9.27. The number of ether oxygens (including phenoxy) is 2. The predicted octanol–water partition coefficient (Wildman–Crippen LogP) is 7.49. The number of aliphatic hydroxyl groups excluding tert-OH is 1. The van der Waals surface area contributed by atoms with Gasteiger partial charge in [0.1, 0.15) is 5.69 Å². The number of hydrogen-bond donors (Lipinski definition) is 3. The second-order valence-electron chi connectivity index (χ2n) is 15.4. The summed E-state index contributed by atoms with van der Waals surface area (Å²) in [6.45, 7) is 4.95. The molecule has 4 heterocycles. The molecule has 2 fully saturated rings. The lowest BCUT2D eigenvalue weighted by Crippen LogP contribution is -2.47. The van der Waals surface area contributed by atoms with Crippen LogP contribution in [0.4, 0.5) is 0 Å². The van der Waals surface area contributed by atoms with E-state index in [9.17, 15) is 14.7 Å². The van der Waals surface area contributed by atoms with E-state index in [1.165, 1.54) is 6.20 Å². The third kappa shape index (κ3) is 7.69. The lowest BCUT2D eigenvalue weighted by atomic mass is 9.89. The van der Waals surface area contributed by atoms with Gasteiger partial charge in [-0.05, 0) is 64.9 Å². The van der Waals surface area contributed by atoms with Gasteiger partial charge in [0.15, 0.2) is 6.29 Å². The molecule has 0 radical (unpaired) electrons. The van der Waals surface area contributed by atoms with Gasteiger partial charge in [0.05, 0.1) is 47.1 Å². The highest BCUT2D eigenvalue weighted by atomic mass is 16.7. The molecule has 58 heavy (non-hydrogen) atoms. The van der Waals surface area contributed by atoms with E-state index in [1.54, 1.807) is 0 Å². The molecule has 0 aliphatic carbocycles. The molecule has 9 rings (SSSR count). The first-order valence-corrected chi connectivity index (χ1v) is 20.0. The summed E-state index contributed by atoms with van der Waals surface area (Å²) in [6, 6.07) is 39.8. The number of carbonyl (C=O) groups excluding carboxylic acids is 1. The van der Waals surface area contributed by atoms with E-state index in [2.05, 4.69) is 62.4 Å². The van der Waals surface area contributed by atoms with Crippen LogP contribution < -0.4 is 11.0 Å². The number of carbonyl (C=O) groups is 1. The average Bonchev–Trinajstić information content (AvgIpc) is 3.62. The number of nitrogens with zero attached hydrogens (tertiary/aromatic N) is 4. The number of imidazole rings is 1. The molecule has 0 saturated carbocycles. The predicted molar refractivity (Wildman–Crippen MR) is 223 cm³/mol. The Labute approximate surface area is 336 Å². The number of nitrogens with one attached hydrogen (secondary N) is 2. The maximum absolute atomic E-state index is 13.1. The standard InChI is InChI=1S/C47H46N6O5/c1-30-43(28-52-24-22-36(23-25-52)53-42-13-7-6-12-40(42)51-47(53)56)57-46(58-44(30)33-16-14-31(29-54)15-17-33)34-20-18-32(19-21-34)37-9-3-2-8-35(37)26-49-45(55)41-27-48-38-10-4-5-11-39(38)50-41/h2-21,27,30,36,43-44,46,54H,22-26,28-29H2,1H3,(H,49,55)(H,51,56)/t30-,43+,44+,46+/m0/s1. The fourth-order valence-electron chi connectivity index (χ4n) is 8.49. The van der Waals surface area contributed by atoms with Crippen molar-refractivity contribution in [1.29, 1.82) is 0 Å². The summed E-state index contributed by atoms with van der Waals surface area (Å²) in [5.74, 6) is -0.236. The molecule has 0 spiro atoms. The number of para-hydroxylation sites is 4. The normalized spacial score (nSPS) is 20.4. The van der Waals surface area contributed by atoms with Crippen LogP contribution in [-0.4, -0.2) is 61.2 Å². The van der Waals surface area contributed by atoms with Gasteiger partial charge < -0.3 is 29.8 Å². The molecule has 11 heteroatoms. The molecule has 5 aromatic carbocycles. The van der Waals surface area contributed by atoms with Crippen LogP contribution in [-0.2, 0) is 22.6 Å². The van der Waals surface area contributed by atoms with Gasteiger partial charge in [-0.2, -0.15) is 0 Å². The Balaban J connectivity index is 0.909. The molecular formula is C47H46N6O5. The molecule has 2 aliphatic rings. The highest BCUT2D eigenvalue weighted by molar-refractivity contribution is 5.93. The molecule has 0 bridgehead atoms. The Hall–Kier alpha value is -5.98. The molecule has 4 atom stereocenters. The number of H-pyrrole nitrogens is 1. The van der Waals surface area contributed by atoms with Crippen molar-refractivity contribution in [3.63, 3.8) is 0 Å². The van der Waals surface area contributed by atoms with Crippen LogP contribution in [0.3, 0.4) is 0 Å². The van der Waals surface area contributed by atoms with Crippen molar-refractivity contribution in [2.24, 2.45) is 5.92 Å². The van der Waals surface area contributed by atoms with Crippen LogP contribution in [0.1, 0.15) is 70.9 Å². The van der Waals surface area contributed by atoms with E-state index in [1.807, 2.05) is 95.6 Å². The molecule has 7 aromatic rings. The lowest BCUT2D eigenvalue weighted by Gasteiger charge is -2.44. The van der Waals surface area contributed by atoms with Gasteiger partial charge in [-0.15, -0.1) is 0 Å². The smallest absolute Gasteiger partial charge is 0.326 e. The maximum atomic E-state index is 13.1. The van der Waals surface area contributed by atoms with Crippen molar-refractivity contribution < 1.29 is 19.4 Å². The number of benzene rings is 5. The molecule has 3 N–H and O–H groups in total. The Kier molecular flexibility index (Phi) is 10.7. The molecular weight excluding hydrogens is 729 g/mol. The number of piperidine rings is 1. The van der Waals surface area contributed by atoms with Crippen LogP contribution in [0, 0.1) is 5.92 Å². The molecule has 11 nitrogen and oxygen atoms in total. The zero-order valence-corrected chi connectivity index (χ0v) is 32.3. The van der Waals surface area contributed by atoms with Crippen molar-refractivity contribution in [1.82, 2.24) is 29.7 Å². The number of aromatic nitrogens is 4. The topological polar surface area (TPSA) is 135 Å². The Morgan fingerprint density at radius 2 is 1.55 bits per heavy atom. The van der Waals surface area contributed by atoms with Crippen LogP contribution >= 0.6 is 0 Å². The molecule has 1 amide bonds. The summed E-state index contributed by atoms with van der Waals surface area (Å²) in [7, 11) is 0. The van der Waals surface area contributed by atoms with E-state index >= 15 is 0 Å². The van der Waals surface area contributed by atoms with Gasteiger partial charge in [0.25, 0.3) is 5.91 Å². The summed E-state index contributed by atoms with van der Waals surface area (Å²) in [5, 5.41) is 12.7. The summed E-state index contributed by atoms with van der Waals surface area (Å²) in [4.78, 5) is 40.4. The van der Waals surface area contributed by atoms with Gasteiger partial charge in [-0.25, -0.2) is 9.78 Å². The van der Waals surface area contributed by atoms with E-state index in [0.717, 1.165) is 82.4 Å². The maximum Gasteiger partial charge on any atom is 0.326 e. The summed E-state index contributed by atoms with van der Waals surface area (Å²) in [6.07, 6.45) is 2.31. The minimum absolute atomic E-state index is 0.0165. The van der Waals surface area contributed by atoms with Crippen LogP contribution in [0.15, 0.2) is 132 Å². The molecule has 2 aromatic heterocycles. The summed E-state index contributed by atoms with van der Waals surface area (Å²) >= 11 is 0. The zero-order valence-electron chi connectivity index (χ0n) is 32.3. The fraction of sp³-hybridized carbons (Fsp3) is 0.277. The Bertz CT molecular complexity index is 2600. The molecule has 2 saturated heterocycles. The number of aromatic amines is 1. The van der Waals surface area contributed by atoms with Gasteiger partial charge in [-0.3, -0.25) is 14.3 Å². The Morgan fingerprint density at radius 3 is 2.34 bits per heavy atom. The van der Waals surface area contributed by atoms with Gasteiger partial charge in [0, 0.05) is 43.7 Å². The van der Waals surface area contributed by atoms with Gasteiger partial charge in [0.2, 0.25) is 0 Å². The average molecular weight is 775 g/mol. The van der Waals surface area contributed by atoms with Crippen molar-refractivity contribution in [3.05, 3.63) is 166 Å². The third-order valence-corrected chi connectivity index (χ3v) is 11.7. The first kappa shape index (κ1) is 37.6. The number of rotatable bonds is 10. The van der Waals surface area contributed by atoms with E-state index in [4.69, 9.17) is 9.47 Å². The molecule has 294 valence electrons. The second-order valence-corrected chi connectivity index (χ2v) is 15.4. The fourth-order valence-corrected chi connectivity index (χ4v) is 8.49. The van der Waals surface area contributed by atoms with Crippen molar-refractivity contribution in [3.8, 4) is 11.1 Å². The van der Waals surface area contributed by atoms with E-state index in [0.29, 0.717) is 12.1 Å². The van der Waals surface area contributed by atoms with Crippen LogP contribution in [0.5, 0.6) is 0 Å². The number of amides is 1. The van der Waals surface area contributed by atoms with Crippen molar-refractivity contribution >= 4 is 28.0 Å². The number of aliphatic hydroxyl groups is 1. The number of likely N-dealkylation sites (tertiary alicyclic amines) is 1. The third-order valence-electron chi connectivity index (χ3n) is 11.7. The minimum Gasteiger partial charge on any atom is -0.392 e. The zero-order chi connectivity index (χ0) is 39.6. The highest BCUT2D eigenvalue weighted by Gasteiger charge is 2.39. The Morgan fingerprint density at radius 1 is 0.845 bits per heavy atom. The first-order valence-electron chi connectivity index (χ1n) is 20.0.